The minimum atomic E-state index is 1.13. The van der Waals surface area contributed by atoms with E-state index in [1.165, 1.54) is 180 Å². The van der Waals surface area contributed by atoms with E-state index in [9.17, 15) is 0 Å². The molecule has 2 aromatic heterocycles. The monoisotopic (exact) mass is 585 g/mol. The smallest absolute Gasteiger partial charge is 0.237 e. The van der Waals surface area contributed by atoms with Gasteiger partial charge in [-0.2, -0.15) is 0 Å². The minimum absolute atomic E-state index is 1.13. The van der Waals surface area contributed by atoms with Crippen LogP contribution in [0.4, 0.5) is 0 Å². The molecule has 0 N–H and O–H groups in total. The predicted molar refractivity (Wildman–Crippen MR) is 181 cm³/mol. The average molecular weight is 585 g/mol. The third-order valence-electron chi connectivity index (χ3n) is 9.11. The highest BCUT2D eigenvalue weighted by molar-refractivity contribution is 4.68. The first kappa shape index (κ1) is 36.6. The maximum atomic E-state index is 2.39. The predicted octanol–water partition coefficient (Wildman–Crippen LogP) is 10.7. The van der Waals surface area contributed by atoms with Gasteiger partial charge in [-0.1, -0.05) is 142 Å². The Balaban J connectivity index is 1.38. The fourth-order valence-corrected chi connectivity index (χ4v) is 6.27. The van der Waals surface area contributed by atoms with E-state index < -0.39 is 0 Å². The molecular formula is C38H72N4+2. The number of rotatable bonds is 31. The third-order valence-corrected chi connectivity index (χ3v) is 9.11. The van der Waals surface area contributed by atoms with Gasteiger partial charge in [0, 0.05) is 0 Å². The summed E-state index contributed by atoms with van der Waals surface area (Å²) in [6.45, 7) is 9.21. The number of hydrogen-bond acceptors (Lipinski definition) is 0. The Kier molecular flexibility index (Phi) is 23.5. The molecular weight excluding hydrogens is 512 g/mol. The first-order chi connectivity index (χ1) is 20.8. The van der Waals surface area contributed by atoms with Gasteiger partial charge in [0.15, 0.2) is 0 Å². The molecule has 0 aromatic carbocycles. The zero-order chi connectivity index (χ0) is 29.8. The van der Waals surface area contributed by atoms with E-state index in [-0.39, 0.29) is 0 Å². The van der Waals surface area contributed by atoms with Crippen molar-refractivity contribution >= 4 is 0 Å². The minimum Gasteiger partial charge on any atom is -0.237 e. The molecule has 0 saturated carbocycles. The summed E-state index contributed by atoms with van der Waals surface area (Å²) in [5, 5.41) is 0. The molecule has 0 fully saturated rings. The van der Waals surface area contributed by atoms with Gasteiger partial charge in [-0.05, 0) is 38.5 Å². The van der Waals surface area contributed by atoms with Crippen molar-refractivity contribution in [1.29, 1.82) is 0 Å². The Morgan fingerprint density at radius 1 is 0.357 bits per heavy atom. The standard InChI is InChI=1S/C38H72N4/c1-3-5-7-9-11-13-15-17-19-21-23-25-29-39-33-35-41(37-39)31-27-28-32-42-36-34-40(38-42)30-26-24-22-20-18-16-14-12-10-8-6-4-2/h33-38H,3-32H2,1-2H3/q+2. The van der Waals surface area contributed by atoms with Crippen LogP contribution in [0.25, 0.3) is 0 Å². The molecule has 0 saturated heterocycles. The van der Waals surface area contributed by atoms with E-state index in [1.54, 1.807) is 0 Å². The highest BCUT2D eigenvalue weighted by atomic mass is 15.1. The fraction of sp³-hybridized carbons (Fsp3) is 0.842. The van der Waals surface area contributed by atoms with Gasteiger partial charge in [0.05, 0.1) is 26.2 Å². The zero-order valence-electron chi connectivity index (χ0n) is 28.5. The molecule has 0 unspecified atom stereocenters. The Morgan fingerprint density at radius 3 is 0.952 bits per heavy atom. The molecule has 0 aliphatic rings. The molecule has 0 amide bonds. The maximum Gasteiger partial charge on any atom is 0.243 e. The lowest BCUT2D eigenvalue weighted by molar-refractivity contribution is -0.697. The summed E-state index contributed by atoms with van der Waals surface area (Å²) < 4.78 is 9.54. The molecule has 4 heteroatoms. The van der Waals surface area contributed by atoms with Crippen LogP contribution in [0.2, 0.25) is 0 Å². The van der Waals surface area contributed by atoms with Crippen molar-refractivity contribution in [3.8, 4) is 0 Å². The van der Waals surface area contributed by atoms with Crippen molar-refractivity contribution in [2.24, 2.45) is 0 Å². The lowest BCUT2D eigenvalue weighted by atomic mass is 10.1. The van der Waals surface area contributed by atoms with Gasteiger partial charge in [-0.3, -0.25) is 0 Å². The SMILES string of the molecule is CCCCCCCCCCCCCC[n+]1ccn(CCCCn2cc[n+](CCCCCCCCCCCCCC)c2)c1. The van der Waals surface area contributed by atoms with Crippen molar-refractivity contribution in [1.82, 2.24) is 9.13 Å². The second-order valence-electron chi connectivity index (χ2n) is 13.3. The molecule has 2 rings (SSSR count). The van der Waals surface area contributed by atoms with Crippen LogP contribution in [0.5, 0.6) is 0 Å². The molecule has 4 nitrogen and oxygen atoms in total. The summed E-state index contributed by atoms with van der Waals surface area (Å²) in [5.41, 5.74) is 0. The van der Waals surface area contributed by atoms with E-state index in [0.29, 0.717) is 0 Å². The molecule has 0 radical (unpaired) electrons. The lowest BCUT2D eigenvalue weighted by Gasteiger charge is -2.02. The highest BCUT2D eigenvalue weighted by Crippen LogP contribution is 2.13. The van der Waals surface area contributed by atoms with Crippen molar-refractivity contribution in [2.75, 3.05) is 0 Å². The number of nitrogens with zero attached hydrogens (tertiary/aromatic N) is 4. The average Bonchev–Trinajstić information content (AvgIpc) is 3.66. The topological polar surface area (TPSA) is 17.6 Å². The number of hydrogen-bond donors (Lipinski definition) is 0. The lowest BCUT2D eigenvalue weighted by Crippen LogP contribution is -2.31. The third kappa shape index (κ3) is 20.3. The number of imidazole rings is 2. The fourth-order valence-electron chi connectivity index (χ4n) is 6.27. The summed E-state index contributed by atoms with van der Waals surface area (Å²) >= 11 is 0. The Hall–Kier alpha value is -1.58. The summed E-state index contributed by atoms with van der Waals surface area (Å²) in [5.74, 6) is 0. The first-order valence-corrected chi connectivity index (χ1v) is 18.9. The summed E-state index contributed by atoms with van der Waals surface area (Å²) in [4.78, 5) is 0. The van der Waals surface area contributed by atoms with Crippen molar-refractivity contribution in [3.05, 3.63) is 37.4 Å². The molecule has 0 spiro atoms. The quantitative estimate of drug-likeness (QED) is 0.0619. The van der Waals surface area contributed by atoms with E-state index >= 15 is 0 Å². The number of aromatic nitrogens is 4. The van der Waals surface area contributed by atoms with E-state index in [0.717, 1.165) is 13.1 Å². The van der Waals surface area contributed by atoms with Gasteiger partial charge < -0.3 is 0 Å². The van der Waals surface area contributed by atoms with Crippen LogP contribution >= 0.6 is 0 Å². The van der Waals surface area contributed by atoms with Gasteiger partial charge in [0.2, 0.25) is 12.7 Å². The van der Waals surface area contributed by atoms with Crippen LogP contribution < -0.4 is 9.13 Å². The van der Waals surface area contributed by atoms with Crippen LogP contribution in [0.15, 0.2) is 37.4 Å². The summed E-state index contributed by atoms with van der Waals surface area (Å²) in [6.07, 6.45) is 50.3. The summed E-state index contributed by atoms with van der Waals surface area (Å²) in [6, 6.07) is 0. The number of aryl methyl sites for hydroxylation is 4. The summed E-state index contributed by atoms with van der Waals surface area (Å²) in [7, 11) is 0. The molecule has 0 aliphatic heterocycles. The van der Waals surface area contributed by atoms with Crippen LogP contribution in [0, 0.1) is 0 Å². The van der Waals surface area contributed by atoms with Crippen molar-refractivity contribution in [2.45, 2.75) is 207 Å². The second-order valence-corrected chi connectivity index (χ2v) is 13.3. The van der Waals surface area contributed by atoms with E-state index in [2.05, 4.69) is 69.6 Å². The van der Waals surface area contributed by atoms with Crippen molar-refractivity contribution < 1.29 is 9.13 Å². The normalized spacial score (nSPS) is 11.6. The van der Waals surface area contributed by atoms with Crippen LogP contribution in [-0.2, 0) is 26.2 Å². The Labute approximate surface area is 262 Å². The van der Waals surface area contributed by atoms with Gasteiger partial charge in [-0.15, -0.1) is 0 Å². The maximum absolute atomic E-state index is 2.39. The van der Waals surface area contributed by atoms with Gasteiger partial charge in [0.1, 0.15) is 24.8 Å². The van der Waals surface area contributed by atoms with Crippen LogP contribution in [-0.4, -0.2) is 9.13 Å². The Bertz CT molecular complexity index is 754. The first-order valence-electron chi connectivity index (χ1n) is 18.9. The molecule has 0 bridgehead atoms. The molecule has 0 aliphatic carbocycles. The molecule has 42 heavy (non-hydrogen) atoms. The molecule has 2 heterocycles. The zero-order valence-corrected chi connectivity index (χ0v) is 28.5. The molecule has 0 atom stereocenters. The van der Waals surface area contributed by atoms with Gasteiger partial charge in [0.25, 0.3) is 0 Å². The number of unbranched alkanes of at least 4 members (excludes halogenated alkanes) is 23. The van der Waals surface area contributed by atoms with Crippen LogP contribution in [0.3, 0.4) is 0 Å². The largest absolute Gasteiger partial charge is 0.243 e. The second kappa shape index (κ2) is 27.0. The van der Waals surface area contributed by atoms with Crippen LogP contribution in [0.1, 0.15) is 181 Å². The Morgan fingerprint density at radius 2 is 0.643 bits per heavy atom. The molecule has 242 valence electrons. The molecule has 2 aromatic rings. The van der Waals surface area contributed by atoms with E-state index in [4.69, 9.17) is 0 Å². The van der Waals surface area contributed by atoms with Gasteiger partial charge >= 0.3 is 0 Å². The van der Waals surface area contributed by atoms with Gasteiger partial charge in [-0.25, -0.2) is 18.3 Å². The highest BCUT2D eigenvalue weighted by Gasteiger charge is 2.06. The van der Waals surface area contributed by atoms with Crippen molar-refractivity contribution in [3.63, 3.8) is 0 Å². The van der Waals surface area contributed by atoms with E-state index in [1.807, 2.05) is 0 Å².